The highest BCUT2D eigenvalue weighted by atomic mass is 35.5. The lowest BCUT2D eigenvalue weighted by Gasteiger charge is -2.00. The lowest BCUT2D eigenvalue weighted by atomic mass is 10.2. The van der Waals surface area contributed by atoms with Gasteiger partial charge >= 0.3 is 11.9 Å². The quantitative estimate of drug-likeness (QED) is 0.446. The number of halogens is 1. The van der Waals surface area contributed by atoms with E-state index in [2.05, 4.69) is 10.5 Å². The summed E-state index contributed by atoms with van der Waals surface area (Å²) >= 11 is 0. The van der Waals surface area contributed by atoms with Gasteiger partial charge in [0.1, 0.15) is 0 Å². The molecule has 0 spiro atoms. The van der Waals surface area contributed by atoms with Crippen molar-refractivity contribution in [1.82, 2.24) is 0 Å². The Bertz CT molecular complexity index is 162. The predicted molar refractivity (Wildman–Crippen MR) is 35.6 cm³/mol. The van der Waals surface area contributed by atoms with Gasteiger partial charge in [-0.2, -0.15) is 0 Å². The topological polar surface area (TPSA) is 91.2 Å². The van der Waals surface area contributed by atoms with Crippen LogP contribution in [0.25, 0.3) is 0 Å². The number of quaternary nitrogens is 1. The maximum atomic E-state index is 10.5. The normalized spacial score (nSPS) is 11.2. The number of carboxylic acids is 1. The SMILES string of the molecule is COC(=O)CC[C@H]([NH3+])C(=O)O.[Cl-]. The van der Waals surface area contributed by atoms with Crippen molar-refractivity contribution in [3.05, 3.63) is 0 Å². The zero-order valence-corrected chi connectivity index (χ0v) is 7.50. The van der Waals surface area contributed by atoms with Crippen LogP contribution in [0.15, 0.2) is 0 Å². The lowest BCUT2D eigenvalue weighted by Crippen LogP contribution is -3.00. The molecule has 0 heterocycles. The van der Waals surface area contributed by atoms with Crippen LogP contribution in [0.3, 0.4) is 0 Å². The molecule has 0 amide bonds. The molecular weight excluding hydrogens is 186 g/mol. The van der Waals surface area contributed by atoms with Crippen molar-refractivity contribution in [1.29, 1.82) is 0 Å². The van der Waals surface area contributed by atoms with E-state index >= 15 is 0 Å². The monoisotopic (exact) mass is 197 g/mol. The van der Waals surface area contributed by atoms with Gasteiger partial charge < -0.3 is 28.0 Å². The number of methoxy groups -OCH3 is 1. The van der Waals surface area contributed by atoms with E-state index in [1.54, 1.807) is 0 Å². The molecule has 0 saturated heterocycles. The van der Waals surface area contributed by atoms with Gasteiger partial charge in [-0.3, -0.25) is 4.79 Å². The average Bonchev–Trinajstić information content (AvgIpc) is 1.99. The Balaban J connectivity index is 0. The summed E-state index contributed by atoms with van der Waals surface area (Å²) in [6, 6.07) is -0.728. The molecular formula is C6H12ClNO4. The third kappa shape index (κ3) is 5.94. The summed E-state index contributed by atoms with van der Waals surface area (Å²) in [5.74, 6) is -1.39. The zero-order chi connectivity index (χ0) is 8.85. The van der Waals surface area contributed by atoms with Gasteiger partial charge in [-0.05, 0) is 0 Å². The van der Waals surface area contributed by atoms with Crippen LogP contribution in [0.4, 0.5) is 0 Å². The van der Waals surface area contributed by atoms with E-state index in [0.717, 1.165) is 0 Å². The Morgan fingerprint density at radius 2 is 2.08 bits per heavy atom. The number of esters is 1. The highest BCUT2D eigenvalue weighted by Crippen LogP contribution is 1.94. The van der Waals surface area contributed by atoms with Crippen molar-refractivity contribution in [2.75, 3.05) is 7.11 Å². The van der Waals surface area contributed by atoms with Gasteiger partial charge in [0.2, 0.25) is 0 Å². The molecule has 5 nitrogen and oxygen atoms in total. The summed E-state index contributed by atoms with van der Waals surface area (Å²) in [5.41, 5.74) is 3.34. The largest absolute Gasteiger partial charge is 1.00 e. The maximum absolute atomic E-state index is 10.5. The number of carbonyl (C=O) groups is 2. The number of hydrogen-bond acceptors (Lipinski definition) is 3. The molecule has 4 N–H and O–H groups in total. The first-order valence-corrected chi connectivity index (χ1v) is 3.20. The molecule has 0 aromatic heterocycles. The maximum Gasteiger partial charge on any atom is 0.362 e. The first-order valence-electron chi connectivity index (χ1n) is 3.20. The van der Waals surface area contributed by atoms with Crippen LogP contribution >= 0.6 is 0 Å². The van der Waals surface area contributed by atoms with Crippen molar-refractivity contribution in [2.24, 2.45) is 0 Å². The van der Waals surface area contributed by atoms with Crippen LogP contribution in [0, 0.1) is 0 Å². The van der Waals surface area contributed by atoms with Crippen molar-refractivity contribution in [2.45, 2.75) is 18.9 Å². The summed E-state index contributed by atoms with van der Waals surface area (Å²) in [5, 5.41) is 8.35. The Hall–Kier alpha value is -0.810. The fourth-order valence-corrected chi connectivity index (χ4v) is 0.518. The number of aliphatic carboxylic acids is 1. The van der Waals surface area contributed by atoms with Gasteiger partial charge in [0, 0.05) is 6.42 Å². The van der Waals surface area contributed by atoms with E-state index in [0.29, 0.717) is 0 Å². The summed E-state index contributed by atoms with van der Waals surface area (Å²) < 4.78 is 4.32. The molecule has 0 fully saturated rings. The zero-order valence-electron chi connectivity index (χ0n) is 6.75. The highest BCUT2D eigenvalue weighted by molar-refractivity contribution is 5.74. The van der Waals surface area contributed by atoms with Crippen LogP contribution in [0.5, 0.6) is 0 Å². The van der Waals surface area contributed by atoms with E-state index in [4.69, 9.17) is 5.11 Å². The second-order valence-electron chi connectivity index (χ2n) is 2.15. The molecule has 12 heavy (non-hydrogen) atoms. The summed E-state index contributed by atoms with van der Waals surface area (Å²) in [6.07, 6.45) is 0.332. The number of rotatable bonds is 4. The molecule has 0 aliphatic rings. The minimum atomic E-state index is -0.992. The lowest BCUT2D eigenvalue weighted by molar-refractivity contribution is -0.408. The third-order valence-electron chi connectivity index (χ3n) is 1.27. The molecule has 0 aromatic carbocycles. The van der Waals surface area contributed by atoms with E-state index in [1.807, 2.05) is 0 Å². The smallest absolute Gasteiger partial charge is 0.362 e. The average molecular weight is 198 g/mol. The fourth-order valence-electron chi connectivity index (χ4n) is 0.518. The highest BCUT2D eigenvalue weighted by Gasteiger charge is 2.16. The Morgan fingerprint density at radius 1 is 1.58 bits per heavy atom. The van der Waals surface area contributed by atoms with Crippen molar-refractivity contribution in [3.8, 4) is 0 Å². The predicted octanol–water partition coefficient (Wildman–Crippen LogP) is -4.36. The summed E-state index contributed by atoms with van der Waals surface area (Å²) in [6.45, 7) is 0. The van der Waals surface area contributed by atoms with E-state index in [-0.39, 0.29) is 25.2 Å². The second kappa shape index (κ2) is 6.87. The van der Waals surface area contributed by atoms with Crippen LogP contribution in [0.2, 0.25) is 0 Å². The molecule has 0 unspecified atom stereocenters. The minimum absolute atomic E-state index is 0. The van der Waals surface area contributed by atoms with Gasteiger partial charge in [-0.25, -0.2) is 4.79 Å². The van der Waals surface area contributed by atoms with Gasteiger partial charge in [-0.1, -0.05) is 0 Å². The minimum Gasteiger partial charge on any atom is -1.00 e. The standard InChI is InChI=1S/C6H11NO4.ClH/c1-11-5(8)3-2-4(7)6(9)10;/h4H,2-3,7H2,1H3,(H,9,10);1H/t4-;/m0./s1. The van der Waals surface area contributed by atoms with Gasteiger partial charge in [0.25, 0.3) is 0 Å². The molecule has 6 heteroatoms. The van der Waals surface area contributed by atoms with Crippen LogP contribution in [-0.4, -0.2) is 30.2 Å². The van der Waals surface area contributed by atoms with Crippen molar-refractivity contribution in [3.63, 3.8) is 0 Å². The first kappa shape index (κ1) is 13.8. The third-order valence-corrected chi connectivity index (χ3v) is 1.27. The molecule has 0 aromatic rings. The Kier molecular flexibility index (Phi) is 7.88. The van der Waals surface area contributed by atoms with Crippen molar-refractivity contribution >= 4 is 11.9 Å². The Labute approximate surface area is 76.3 Å². The molecule has 0 bridgehead atoms. The second-order valence-corrected chi connectivity index (χ2v) is 2.15. The van der Waals surface area contributed by atoms with Crippen LogP contribution in [0.1, 0.15) is 12.8 Å². The Morgan fingerprint density at radius 3 is 2.42 bits per heavy atom. The van der Waals surface area contributed by atoms with E-state index in [1.165, 1.54) is 7.11 Å². The molecule has 0 aliphatic carbocycles. The molecule has 0 rings (SSSR count). The number of carbonyl (C=O) groups excluding carboxylic acids is 1. The number of carboxylic acid groups (broad SMARTS) is 1. The molecule has 0 aliphatic heterocycles. The molecule has 0 radical (unpaired) electrons. The summed E-state index contributed by atoms with van der Waals surface area (Å²) in [4.78, 5) is 20.7. The first-order chi connectivity index (χ1) is 5.07. The van der Waals surface area contributed by atoms with E-state index < -0.39 is 18.0 Å². The van der Waals surface area contributed by atoms with E-state index in [9.17, 15) is 9.59 Å². The number of ether oxygens (including phenoxy) is 1. The van der Waals surface area contributed by atoms with Gasteiger partial charge in [0.05, 0.1) is 13.5 Å². The van der Waals surface area contributed by atoms with Crippen LogP contribution < -0.4 is 18.1 Å². The van der Waals surface area contributed by atoms with Gasteiger partial charge in [0.15, 0.2) is 6.04 Å². The fraction of sp³-hybridized carbons (Fsp3) is 0.667. The summed E-state index contributed by atoms with van der Waals surface area (Å²) in [7, 11) is 1.27. The van der Waals surface area contributed by atoms with Gasteiger partial charge in [-0.15, -0.1) is 0 Å². The molecule has 1 atom stereocenters. The molecule has 72 valence electrons. The van der Waals surface area contributed by atoms with Crippen molar-refractivity contribution < 1.29 is 37.6 Å². The number of hydrogen-bond donors (Lipinski definition) is 2. The molecule has 0 saturated carbocycles. The van der Waals surface area contributed by atoms with Crippen LogP contribution in [-0.2, 0) is 14.3 Å².